The highest BCUT2D eigenvalue weighted by Crippen LogP contribution is 2.31. The number of methoxy groups -OCH3 is 1. The third-order valence-electron chi connectivity index (χ3n) is 2.23. The van der Waals surface area contributed by atoms with Crippen LogP contribution < -0.4 is 4.74 Å². The summed E-state index contributed by atoms with van der Waals surface area (Å²) < 4.78 is 18.2. The molecule has 0 spiro atoms. The van der Waals surface area contributed by atoms with E-state index >= 15 is 0 Å². The predicted molar refractivity (Wildman–Crippen MR) is 60.2 cm³/mol. The molecule has 1 aromatic carbocycles. The normalized spacial score (nSPS) is 10.5. The van der Waals surface area contributed by atoms with Gasteiger partial charge in [-0.15, -0.1) is 0 Å². The van der Waals surface area contributed by atoms with Crippen LogP contribution in [-0.2, 0) is 0 Å². The second-order valence-corrected chi connectivity index (χ2v) is 3.71. The van der Waals surface area contributed by atoms with E-state index in [0.29, 0.717) is 5.39 Å². The molecule has 0 radical (unpaired) electrons. The lowest BCUT2D eigenvalue weighted by Crippen LogP contribution is -2.02. The van der Waals surface area contributed by atoms with Crippen molar-refractivity contribution in [1.29, 1.82) is 0 Å². The Kier molecular flexibility index (Phi) is 2.85. The van der Waals surface area contributed by atoms with Crippen molar-refractivity contribution in [2.45, 2.75) is 0 Å². The van der Waals surface area contributed by atoms with Crippen molar-refractivity contribution in [2.24, 2.45) is 0 Å². The summed E-state index contributed by atoms with van der Waals surface area (Å²) in [6, 6.07) is 3.49. The standard InChI is InChI=1S/C11H7ClFNO3/c1-17-9-4-8(11(15)16)14-10-6(9)2-5(13)3-7(10)12/h2-4H,1H3,(H,15,16). The fourth-order valence-corrected chi connectivity index (χ4v) is 1.75. The van der Waals surface area contributed by atoms with Crippen LogP contribution in [0.3, 0.4) is 0 Å². The predicted octanol–water partition coefficient (Wildman–Crippen LogP) is 2.73. The SMILES string of the molecule is COc1cc(C(=O)O)nc2c(Cl)cc(F)cc12. The topological polar surface area (TPSA) is 59.4 Å². The first-order valence-electron chi connectivity index (χ1n) is 4.60. The van der Waals surface area contributed by atoms with Crippen molar-refractivity contribution in [3.8, 4) is 5.75 Å². The number of carboxylic acid groups (broad SMARTS) is 1. The van der Waals surface area contributed by atoms with Crippen molar-refractivity contribution < 1.29 is 19.0 Å². The van der Waals surface area contributed by atoms with Gasteiger partial charge in [0.2, 0.25) is 0 Å². The smallest absolute Gasteiger partial charge is 0.354 e. The Labute approximate surface area is 101 Å². The van der Waals surface area contributed by atoms with Crippen LogP contribution in [0.25, 0.3) is 10.9 Å². The minimum atomic E-state index is -1.20. The summed E-state index contributed by atoms with van der Waals surface area (Å²) in [5.74, 6) is -1.52. The highest BCUT2D eigenvalue weighted by molar-refractivity contribution is 6.35. The van der Waals surface area contributed by atoms with E-state index in [9.17, 15) is 9.18 Å². The number of halogens is 2. The number of pyridine rings is 1. The molecule has 1 aromatic heterocycles. The second kappa shape index (κ2) is 4.18. The van der Waals surface area contributed by atoms with Gasteiger partial charge in [0.25, 0.3) is 0 Å². The third kappa shape index (κ3) is 2.01. The van der Waals surface area contributed by atoms with E-state index in [1.807, 2.05) is 0 Å². The molecule has 2 aromatic rings. The second-order valence-electron chi connectivity index (χ2n) is 3.30. The molecule has 2 rings (SSSR count). The Morgan fingerprint density at radius 2 is 2.18 bits per heavy atom. The van der Waals surface area contributed by atoms with Crippen LogP contribution >= 0.6 is 11.6 Å². The molecule has 4 nitrogen and oxygen atoms in total. The van der Waals surface area contributed by atoms with E-state index in [-0.39, 0.29) is 22.0 Å². The number of benzene rings is 1. The maximum absolute atomic E-state index is 13.2. The Bertz CT molecular complexity index is 615. The number of carboxylic acids is 1. The van der Waals surface area contributed by atoms with E-state index in [4.69, 9.17) is 21.4 Å². The number of rotatable bonds is 2. The lowest BCUT2D eigenvalue weighted by molar-refractivity contribution is 0.0690. The first-order chi connectivity index (χ1) is 8.02. The zero-order valence-electron chi connectivity index (χ0n) is 8.70. The van der Waals surface area contributed by atoms with Gasteiger partial charge in [-0.2, -0.15) is 0 Å². The van der Waals surface area contributed by atoms with Gasteiger partial charge in [-0.05, 0) is 12.1 Å². The number of hydrogen-bond acceptors (Lipinski definition) is 3. The minimum absolute atomic E-state index is 0.0430. The molecule has 0 unspecified atom stereocenters. The maximum Gasteiger partial charge on any atom is 0.354 e. The van der Waals surface area contributed by atoms with Gasteiger partial charge in [0, 0.05) is 11.5 Å². The monoisotopic (exact) mass is 255 g/mol. The average molecular weight is 256 g/mol. The van der Waals surface area contributed by atoms with Gasteiger partial charge < -0.3 is 9.84 Å². The van der Waals surface area contributed by atoms with Crippen molar-refractivity contribution >= 4 is 28.5 Å². The van der Waals surface area contributed by atoms with Gasteiger partial charge >= 0.3 is 5.97 Å². The van der Waals surface area contributed by atoms with Crippen LogP contribution in [0.15, 0.2) is 18.2 Å². The number of ether oxygens (including phenoxy) is 1. The summed E-state index contributed by atoms with van der Waals surface area (Å²) in [5, 5.41) is 9.25. The Balaban J connectivity index is 2.87. The van der Waals surface area contributed by atoms with Crippen LogP contribution in [0.2, 0.25) is 5.02 Å². The first-order valence-corrected chi connectivity index (χ1v) is 4.98. The summed E-state index contributed by atoms with van der Waals surface area (Å²) in [7, 11) is 1.36. The Hall–Kier alpha value is -1.88. The Morgan fingerprint density at radius 3 is 2.76 bits per heavy atom. The molecule has 1 heterocycles. The van der Waals surface area contributed by atoms with E-state index in [0.717, 1.165) is 6.07 Å². The van der Waals surface area contributed by atoms with E-state index < -0.39 is 11.8 Å². The molecule has 0 aliphatic carbocycles. The molecule has 0 atom stereocenters. The largest absolute Gasteiger partial charge is 0.496 e. The first kappa shape index (κ1) is 11.6. The van der Waals surface area contributed by atoms with E-state index in [1.165, 1.54) is 19.2 Å². The van der Waals surface area contributed by atoms with Gasteiger partial charge in [-0.3, -0.25) is 0 Å². The highest BCUT2D eigenvalue weighted by atomic mass is 35.5. The van der Waals surface area contributed by atoms with Gasteiger partial charge in [0.1, 0.15) is 11.6 Å². The molecule has 0 saturated heterocycles. The van der Waals surface area contributed by atoms with Crippen molar-refractivity contribution in [1.82, 2.24) is 4.98 Å². The van der Waals surface area contributed by atoms with Crippen LogP contribution in [-0.4, -0.2) is 23.2 Å². The quantitative estimate of drug-likeness (QED) is 0.896. The van der Waals surface area contributed by atoms with Crippen LogP contribution in [0.4, 0.5) is 4.39 Å². The lowest BCUT2D eigenvalue weighted by atomic mass is 10.1. The fraction of sp³-hybridized carbons (Fsp3) is 0.0909. The van der Waals surface area contributed by atoms with E-state index in [1.54, 1.807) is 0 Å². The van der Waals surface area contributed by atoms with Crippen molar-refractivity contribution in [3.63, 3.8) is 0 Å². The molecule has 1 N–H and O–H groups in total. The fourth-order valence-electron chi connectivity index (χ4n) is 1.50. The van der Waals surface area contributed by atoms with Crippen LogP contribution in [0.5, 0.6) is 5.75 Å². The molecule has 0 bridgehead atoms. The Morgan fingerprint density at radius 1 is 1.47 bits per heavy atom. The zero-order valence-corrected chi connectivity index (χ0v) is 9.45. The molecule has 6 heteroatoms. The number of aromatic carboxylic acids is 1. The van der Waals surface area contributed by atoms with Crippen molar-refractivity contribution in [2.75, 3.05) is 7.11 Å². The molecular formula is C11H7ClFNO3. The van der Waals surface area contributed by atoms with Gasteiger partial charge in [0.15, 0.2) is 5.69 Å². The summed E-state index contributed by atoms with van der Waals surface area (Å²) in [6.45, 7) is 0. The van der Waals surface area contributed by atoms with Crippen molar-refractivity contribution in [3.05, 3.63) is 34.7 Å². The van der Waals surface area contributed by atoms with E-state index in [2.05, 4.69) is 4.98 Å². The van der Waals surface area contributed by atoms with Gasteiger partial charge in [0.05, 0.1) is 17.6 Å². The summed E-state index contributed by atoms with van der Waals surface area (Å²) in [5.41, 5.74) is -0.00678. The van der Waals surface area contributed by atoms with Crippen LogP contribution in [0, 0.1) is 5.82 Å². The molecular weight excluding hydrogens is 249 g/mol. The molecule has 0 fully saturated rings. The lowest BCUT2D eigenvalue weighted by Gasteiger charge is -2.07. The molecule has 0 aliphatic rings. The maximum atomic E-state index is 13.2. The highest BCUT2D eigenvalue weighted by Gasteiger charge is 2.14. The number of fused-ring (bicyclic) bond motifs is 1. The molecule has 0 amide bonds. The number of carbonyl (C=O) groups is 1. The third-order valence-corrected chi connectivity index (χ3v) is 2.52. The summed E-state index contributed by atoms with van der Waals surface area (Å²) in [6.07, 6.45) is 0. The molecule has 0 aliphatic heterocycles. The number of hydrogen-bond donors (Lipinski definition) is 1. The summed E-state index contributed by atoms with van der Waals surface area (Å²) >= 11 is 5.82. The number of nitrogens with zero attached hydrogens (tertiary/aromatic N) is 1. The molecule has 0 saturated carbocycles. The minimum Gasteiger partial charge on any atom is -0.496 e. The molecule has 88 valence electrons. The molecule has 17 heavy (non-hydrogen) atoms. The van der Waals surface area contributed by atoms with Crippen LogP contribution in [0.1, 0.15) is 10.5 Å². The van der Waals surface area contributed by atoms with Gasteiger partial charge in [-0.25, -0.2) is 14.2 Å². The van der Waals surface area contributed by atoms with Gasteiger partial charge in [-0.1, -0.05) is 11.6 Å². The summed E-state index contributed by atoms with van der Waals surface area (Å²) in [4.78, 5) is 14.7. The number of aromatic nitrogens is 1. The zero-order chi connectivity index (χ0) is 12.6. The average Bonchev–Trinajstić information content (AvgIpc) is 2.27.